The second kappa shape index (κ2) is 9.12. The van der Waals surface area contributed by atoms with E-state index in [4.69, 9.17) is 5.11 Å². The minimum Gasteiger partial charge on any atom is -0.396 e. The van der Waals surface area contributed by atoms with E-state index < -0.39 is 0 Å². The molecule has 0 radical (unpaired) electrons. The van der Waals surface area contributed by atoms with Crippen LogP contribution in [-0.4, -0.2) is 40.9 Å². The number of aromatic nitrogens is 2. The number of hydrogen-bond acceptors (Lipinski definition) is 4. The Morgan fingerprint density at radius 1 is 1.45 bits per heavy atom. The van der Waals surface area contributed by atoms with Gasteiger partial charge in [0.1, 0.15) is 0 Å². The van der Waals surface area contributed by atoms with Gasteiger partial charge >= 0.3 is 0 Å². The molecule has 1 aliphatic rings. The van der Waals surface area contributed by atoms with Crippen molar-refractivity contribution in [3.8, 4) is 0 Å². The molecule has 1 aromatic heterocycles. The third kappa shape index (κ3) is 4.97. The van der Waals surface area contributed by atoms with Gasteiger partial charge in [0.25, 0.3) is 5.91 Å². The average molecular weight is 331 g/mol. The van der Waals surface area contributed by atoms with Crippen LogP contribution in [0.5, 0.6) is 0 Å². The Morgan fingerprint density at radius 3 is 2.91 bits per heavy atom. The van der Waals surface area contributed by atoms with Crippen LogP contribution in [0.2, 0.25) is 0 Å². The summed E-state index contributed by atoms with van der Waals surface area (Å²) in [6.45, 7) is 6.68. The molecule has 0 fully saturated rings. The summed E-state index contributed by atoms with van der Waals surface area (Å²) in [5.41, 5.74) is 2.55. The largest absolute Gasteiger partial charge is 0.396 e. The van der Waals surface area contributed by atoms with Crippen LogP contribution in [0.1, 0.15) is 48.4 Å². The van der Waals surface area contributed by atoms with Crippen LogP contribution in [0.25, 0.3) is 0 Å². The number of rotatable bonds is 7. The highest BCUT2D eigenvalue weighted by atomic mass is 35.5. The molecule has 6 nitrogen and oxygen atoms in total. The lowest BCUT2D eigenvalue weighted by atomic mass is 9.94. The molecule has 0 spiro atoms. The summed E-state index contributed by atoms with van der Waals surface area (Å²) in [6.07, 6.45) is 2.61. The zero-order valence-corrected chi connectivity index (χ0v) is 14.1. The second-order valence-electron chi connectivity index (χ2n) is 6.17. The van der Waals surface area contributed by atoms with Gasteiger partial charge in [-0.2, -0.15) is 5.10 Å². The van der Waals surface area contributed by atoms with Crippen LogP contribution in [0.3, 0.4) is 0 Å². The number of hydrogen-bond donors (Lipinski definition) is 4. The first-order valence-corrected chi connectivity index (χ1v) is 7.77. The van der Waals surface area contributed by atoms with Crippen LogP contribution in [0, 0.1) is 11.8 Å². The lowest BCUT2D eigenvalue weighted by Gasteiger charge is -2.18. The molecule has 0 bridgehead atoms. The SMILES string of the molecule is CC(C)CC(CCO)CNC(=O)c1n[nH]c2c1CNCC2.Cl. The number of carbonyl (C=O) groups excluding carboxylic acids is 1. The first kappa shape index (κ1) is 18.9. The maximum atomic E-state index is 12.3. The first-order valence-electron chi connectivity index (χ1n) is 7.77. The van der Waals surface area contributed by atoms with E-state index in [1.165, 1.54) is 0 Å². The number of aromatic amines is 1. The van der Waals surface area contributed by atoms with E-state index in [9.17, 15) is 4.79 Å². The molecule has 22 heavy (non-hydrogen) atoms. The lowest BCUT2D eigenvalue weighted by Crippen LogP contribution is -2.32. The molecule has 0 aromatic carbocycles. The summed E-state index contributed by atoms with van der Waals surface area (Å²) >= 11 is 0. The number of H-pyrrole nitrogens is 1. The maximum absolute atomic E-state index is 12.3. The molecule has 1 amide bonds. The lowest BCUT2D eigenvalue weighted by molar-refractivity contribution is 0.0935. The van der Waals surface area contributed by atoms with Crippen LogP contribution in [0.4, 0.5) is 0 Å². The molecule has 1 aliphatic heterocycles. The molecule has 1 unspecified atom stereocenters. The molecular formula is C15H27ClN4O2. The molecule has 2 heterocycles. The van der Waals surface area contributed by atoms with E-state index in [0.717, 1.165) is 37.1 Å². The summed E-state index contributed by atoms with van der Waals surface area (Å²) in [5.74, 6) is 0.746. The molecule has 1 aromatic rings. The number of fused-ring (bicyclic) bond motifs is 1. The Morgan fingerprint density at radius 2 is 2.23 bits per heavy atom. The highest BCUT2D eigenvalue weighted by Gasteiger charge is 2.22. The standard InChI is InChI=1S/C15H26N4O2.ClH/c1-10(2)7-11(4-6-20)8-17-15(21)14-12-9-16-5-3-13(12)18-19-14;/h10-11,16,20H,3-9H2,1-2H3,(H,17,21)(H,18,19);1H. The Bertz CT molecular complexity index is 476. The number of amides is 1. The van der Waals surface area contributed by atoms with Crippen LogP contribution >= 0.6 is 12.4 Å². The summed E-state index contributed by atoms with van der Waals surface area (Å²) < 4.78 is 0. The molecule has 0 saturated heterocycles. The van der Waals surface area contributed by atoms with Gasteiger partial charge in [0.2, 0.25) is 0 Å². The number of nitrogens with zero attached hydrogens (tertiary/aromatic N) is 1. The van der Waals surface area contributed by atoms with Crippen LogP contribution in [-0.2, 0) is 13.0 Å². The summed E-state index contributed by atoms with van der Waals surface area (Å²) in [4.78, 5) is 12.3. The Balaban J connectivity index is 0.00000242. The van der Waals surface area contributed by atoms with E-state index in [-0.39, 0.29) is 24.9 Å². The average Bonchev–Trinajstić information content (AvgIpc) is 2.88. The van der Waals surface area contributed by atoms with Gasteiger partial charge in [-0.15, -0.1) is 12.4 Å². The van der Waals surface area contributed by atoms with Crippen molar-refractivity contribution in [1.29, 1.82) is 0 Å². The van der Waals surface area contributed by atoms with Crippen molar-refractivity contribution in [3.63, 3.8) is 0 Å². The highest BCUT2D eigenvalue weighted by Crippen LogP contribution is 2.17. The van der Waals surface area contributed by atoms with Gasteiger partial charge in [-0.1, -0.05) is 13.8 Å². The smallest absolute Gasteiger partial charge is 0.272 e. The second-order valence-corrected chi connectivity index (χ2v) is 6.17. The predicted octanol–water partition coefficient (Wildman–Crippen LogP) is 1.25. The Kier molecular flexibility index (Phi) is 7.85. The minimum atomic E-state index is -0.122. The summed E-state index contributed by atoms with van der Waals surface area (Å²) in [7, 11) is 0. The van der Waals surface area contributed by atoms with Crippen LogP contribution < -0.4 is 10.6 Å². The molecular weight excluding hydrogens is 304 g/mol. The number of carbonyl (C=O) groups is 1. The van der Waals surface area contributed by atoms with E-state index in [1.54, 1.807) is 0 Å². The molecule has 2 rings (SSSR count). The molecule has 7 heteroatoms. The van der Waals surface area contributed by atoms with Gasteiger partial charge < -0.3 is 15.7 Å². The van der Waals surface area contributed by atoms with E-state index in [2.05, 4.69) is 34.7 Å². The quantitative estimate of drug-likeness (QED) is 0.605. The number of aliphatic hydroxyl groups is 1. The first-order chi connectivity index (χ1) is 10.1. The monoisotopic (exact) mass is 330 g/mol. The van der Waals surface area contributed by atoms with Gasteiger partial charge in [0.15, 0.2) is 5.69 Å². The predicted molar refractivity (Wildman–Crippen MR) is 88.2 cm³/mol. The van der Waals surface area contributed by atoms with Crippen molar-refractivity contribution in [1.82, 2.24) is 20.8 Å². The highest BCUT2D eigenvalue weighted by molar-refractivity contribution is 5.94. The van der Waals surface area contributed by atoms with Crippen molar-refractivity contribution in [3.05, 3.63) is 17.0 Å². The van der Waals surface area contributed by atoms with Gasteiger partial charge in [-0.3, -0.25) is 9.89 Å². The number of aliphatic hydroxyl groups excluding tert-OH is 1. The molecule has 4 N–H and O–H groups in total. The van der Waals surface area contributed by atoms with Gasteiger partial charge in [0, 0.05) is 43.9 Å². The minimum absolute atomic E-state index is 0. The molecule has 0 aliphatic carbocycles. The maximum Gasteiger partial charge on any atom is 0.272 e. The fourth-order valence-corrected chi connectivity index (χ4v) is 2.89. The van der Waals surface area contributed by atoms with Crippen molar-refractivity contribution in [2.24, 2.45) is 11.8 Å². The van der Waals surface area contributed by atoms with Crippen molar-refractivity contribution in [2.75, 3.05) is 19.7 Å². The molecule has 0 saturated carbocycles. The summed E-state index contributed by atoms with van der Waals surface area (Å²) in [6, 6.07) is 0. The van der Waals surface area contributed by atoms with Gasteiger partial charge in [-0.25, -0.2) is 0 Å². The zero-order valence-electron chi connectivity index (χ0n) is 13.3. The Hall–Kier alpha value is -1.11. The molecule has 1 atom stereocenters. The third-order valence-electron chi connectivity index (χ3n) is 3.91. The summed E-state index contributed by atoms with van der Waals surface area (Å²) in [5, 5.41) is 22.5. The Labute approximate surface area is 137 Å². The van der Waals surface area contributed by atoms with Gasteiger partial charge in [0.05, 0.1) is 0 Å². The normalized spacial score (nSPS) is 15.1. The van der Waals surface area contributed by atoms with Crippen molar-refractivity contribution in [2.45, 2.75) is 39.7 Å². The molecule has 126 valence electrons. The van der Waals surface area contributed by atoms with Gasteiger partial charge in [-0.05, 0) is 24.7 Å². The van der Waals surface area contributed by atoms with Crippen LogP contribution in [0.15, 0.2) is 0 Å². The number of nitrogens with one attached hydrogen (secondary N) is 3. The van der Waals surface area contributed by atoms with E-state index in [1.807, 2.05) is 0 Å². The zero-order chi connectivity index (χ0) is 15.2. The fourth-order valence-electron chi connectivity index (χ4n) is 2.89. The van der Waals surface area contributed by atoms with E-state index in [0.29, 0.717) is 30.6 Å². The topological polar surface area (TPSA) is 90.0 Å². The fraction of sp³-hybridized carbons (Fsp3) is 0.733. The third-order valence-corrected chi connectivity index (χ3v) is 3.91. The van der Waals surface area contributed by atoms with E-state index >= 15 is 0 Å². The van der Waals surface area contributed by atoms with Crippen molar-refractivity contribution >= 4 is 18.3 Å². The number of halogens is 1. The van der Waals surface area contributed by atoms with Crippen molar-refractivity contribution < 1.29 is 9.90 Å².